The van der Waals surface area contributed by atoms with Gasteiger partial charge in [0.25, 0.3) is 0 Å². The molecule has 0 spiro atoms. The van der Waals surface area contributed by atoms with Crippen molar-refractivity contribution in [1.82, 2.24) is 4.72 Å². The maximum absolute atomic E-state index is 12.6. The van der Waals surface area contributed by atoms with Gasteiger partial charge in [0.1, 0.15) is 5.76 Å². The Morgan fingerprint density at radius 3 is 2.76 bits per heavy atom. The molecule has 0 aliphatic heterocycles. The highest BCUT2D eigenvalue weighted by molar-refractivity contribution is 7.89. The third-order valence-corrected chi connectivity index (χ3v) is 5.61. The van der Waals surface area contributed by atoms with Gasteiger partial charge < -0.3 is 4.42 Å². The second-order valence-corrected chi connectivity index (χ2v) is 7.33. The van der Waals surface area contributed by atoms with Crippen LogP contribution in [0.25, 0.3) is 0 Å². The average Bonchev–Trinajstić information content (AvgIpc) is 2.91. The molecular weight excluding hydrogens is 286 g/mol. The summed E-state index contributed by atoms with van der Waals surface area (Å²) in [5.74, 6) is 0.897. The highest BCUT2D eigenvalue weighted by atomic mass is 32.2. The zero-order valence-electron chi connectivity index (χ0n) is 12.2. The normalized spacial score (nSPS) is 18.5. The zero-order chi connectivity index (χ0) is 15.0. The third-order valence-electron chi connectivity index (χ3n) is 4.14. The first-order chi connectivity index (χ1) is 9.97. The third kappa shape index (κ3) is 2.76. The molecule has 1 aliphatic rings. The van der Waals surface area contributed by atoms with Gasteiger partial charge >= 0.3 is 0 Å². The summed E-state index contributed by atoms with van der Waals surface area (Å²) in [5.41, 5.74) is 3.03. The number of sulfonamides is 1. The number of benzene rings is 1. The number of aryl methyl sites for hydroxylation is 3. The van der Waals surface area contributed by atoms with E-state index in [1.807, 2.05) is 26.0 Å². The minimum atomic E-state index is -3.51. The highest BCUT2D eigenvalue weighted by Gasteiger charge is 2.27. The molecule has 0 fully saturated rings. The average molecular weight is 305 g/mol. The van der Waals surface area contributed by atoms with Crippen molar-refractivity contribution in [3.05, 3.63) is 53.0 Å². The van der Waals surface area contributed by atoms with Crippen LogP contribution in [0, 0.1) is 13.8 Å². The summed E-state index contributed by atoms with van der Waals surface area (Å²) in [4.78, 5) is 0.321. The number of nitrogens with one attached hydrogen (secondary N) is 1. The molecule has 0 radical (unpaired) electrons. The van der Waals surface area contributed by atoms with Crippen molar-refractivity contribution >= 4 is 10.0 Å². The van der Waals surface area contributed by atoms with Crippen LogP contribution in [-0.2, 0) is 16.4 Å². The second kappa shape index (κ2) is 5.31. The first-order valence-corrected chi connectivity index (χ1v) is 8.61. The predicted octanol–water partition coefficient (Wildman–Crippen LogP) is 3.25. The van der Waals surface area contributed by atoms with Crippen LogP contribution in [0.1, 0.15) is 41.3 Å². The molecular formula is C16H19NO3S. The molecule has 1 N–H and O–H groups in total. The van der Waals surface area contributed by atoms with Crippen molar-refractivity contribution in [2.75, 3.05) is 0 Å². The lowest BCUT2D eigenvalue weighted by Crippen LogP contribution is -2.30. The van der Waals surface area contributed by atoms with Crippen LogP contribution < -0.4 is 4.72 Å². The van der Waals surface area contributed by atoms with Crippen molar-refractivity contribution in [3.63, 3.8) is 0 Å². The van der Waals surface area contributed by atoms with Crippen molar-refractivity contribution in [2.45, 2.75) is 44.0 Å². The largest absolute Gasteiger partial charge is 0.469 e. The molecule has 1 atom stereocenters. The highest BCUT2D eigenvalue weighted by Crippen LogP contribution is 2.31. The molecule has 5 heteroatoms. The molecule has 0 bridgehead atoms. The zero-order valence-corrected chi connectivity index (χ0v) is 13.0. The number of rotatable bonds is 3. The summed E-state index contributed by atoms with van der Waals surface area (Å²) in [6.07, 6.45) is 4.24. The molecule has 21 heavy (non-hydrogen) atoms. The molecule has 0 amide bonds. The van der Waals surface area contributed by atoms with Crippen LogP contribution in [0.3, 0.4) is 0 Å². The molecule has 4 nitrogen and oxygen atoms in total. The summed E-state index contributed by atoms with van der Waals surface area (Å²) in [5, 5.41) is 0. The summed E-state index contributed by atoms with van der Waals surface area (Å²) in [6.45, 7) is 3.89. The lowest BCUT2D eigenvalue weighted by Gasteiger charge is -2.22. The van der Waals surface area contributed by atoms with Gasteiger partial charge in [-0.2, -0.15) is 0 Å². The lowest BCUT2D eigenvalue weighted by atomic mass is 9.94. The molecule has 1 aromatic carbocycles. The fourth-order valence-corrected chi connectivity index (χ4v) is 4.08. The van der Waals surface area contributed by atoms with Gasteiger partial charge in [0.2, 0.25) is 10.0 Å². The Labute approximate surface area is 125 Å². The maximum Gasteiger partial charge on any atom is 0.241 e. The van der Waals surface area contributed by atoms with Gasteiger partial charge in [0.05, 0.1) is 17.2 Å². The summed E-state index contributed by atoms with van der Waals surface area (Å²) in [6, 6.07) is 6.88. The Morgan fingerprint density at radius 2 is 2.00 bits per heavy atom. The fourth-order valence-electron chi connectivity index (χ4n) is 2.75. The van der Waals surface area contributed by atoms with E-state index in [9.17, 15) is 8.42 Å². The number of hydrogen-bond acceptors (Lipinski definition) is 3. The molecule has 0 unspecified atom stereocenters. The van der Waals surface area contributed by atoms with E-state index < -0.39 is 10.0 Å². The minimum absolute atomic E-state index is 0.195. The van der Waals surface area contributed by atoms with Gasteiger partial charge in [-0.25, -0.2) is 13.1 Å². The Bertz CT molecular complexity index is 762. The molecule has 0 saturated heterocycles. The van der Waals surface area contributed by atoms with E-state index in [1.54, 1.807) is 18.4 Å². The van der Waals surface area contributed by atoms with Gasteiger partial charge in [-0.15, -0.1) is 0 Å². The van der Waals surface area contributed by atoms with E-state index in [2.05, 4.69) is 4.72 Å². The maximum atomic E-state index is 12.6. The first-order valence-electron chi connectivity index (χ1n) is 7.13. The quantitative estimate of drug-likeness (QED) is 0.947. The molecule has 112 valence electrons. The summed E-state index contributed by atoms with van der Waals surface area (Å²) >= 11 is 0. The van der Waals surface area contributed by atoms with Crippen LogP contribution in [0.15, 0.2) is 39.8 Å². The van der Waals surface area contributed by atoms with E-state index in [1.165, 1.54) is 0 Å². The van der Waals surface area contributed by atoms with E-state index in [0.717, 1.165) is 41.7 Å². The van der Waals surface area contributed by atoms with Gasteiger partial charge in [0, 0.05) is 12.0 Å². The minimum Gasteiger partial charge on any atom is -0.469 e. The van der Waals surface area contributed by atoms with E-state index >= 15 is 0 Å². The molecule has 0 saturated carbocycles. The Hall–Kier alpha value is -1.59. The monoisotopic (exact) mass is 305 g/mol. The topological polar surface area (TPSA) is 59.3 Å². The molecule has 1 aliphatic carbocycles. The van der Waals surface area contributed by atoms with Gasteiger partial charge in [-0.05, 0) is 56.0 Å². The van der Waals surface area contributed by atoms with Gasteiger partial charge in [0.15, 0.2) is 0 Å². The Morgan fingerprint density at radius 1 is 1.19 bits per heavy atom. The van der Waals surface area contributed by atoms with Crippen LogP contribution in [-0.4, -0.2) is 8.42 Å². The van der Waals surface area contributed by atoms with Gasteiger partial charge in [-0.1, -0.05) is 6.07 Å². The van der Waals surface area contributed by atoms with Crippen LogP contribution >= 0.6 is 0 Å². The second-order valence-electron chi connectivity index (χ2n) is 5.61. The molecule has 1 heterocycles. The van der Waals surface area contributed by atoms with Crippen molar-refractivity contribution < 1.29 is 12.8 Å². The summed E-state index contributed by atoms with van der Waals surface area (Å²) in [7, 11) is -3.51. The van der Waals surface area contributed by atoms with E-state index in [4.69, 9.17) is 4.42 Å². The van der Waals surface area contributed by atoms with Crippen LogP contribution in [0.5, 0.6) is 0 Å². The van der Waals surface area contributed by atoms with Crippen molar-refractivity contribution in [3.8, 4) is 0 Å². The van der Waals surface area contributed by atoms with Crippen LogP contribution in [0.4, 0.5) is 0 Å². The number of fused-ring (bicyclic) bond motifs is 1. The number of hydrogen-bond donors (Lipinski definition) is 1. The van der Waals surface area contributed by atoms with Gasteiger partial charge in [-0.3, -0.25) is 0 Å². The number of furan rings is 1. The molecule has 1 aromatic heterocycles. The predicted molar refractivity (Wildman–Crippen MR) is 80.6 cm³/mol. The lowest BCUT2D eigenvalue weighted by molar-refractivity contribution is 0.438. The standard InChI is InChI=1S/C16H19NO3S/c1-11-6-7-13(10-12(11)2)21(18,19)17-15-4-3-5-16-14(15)8-9-20-16/h6-10,15,17H,3-5H2,1-2H3/t15-/m1/s1. The van der Waals surface area contributed by atoms with Crippen LogP contribution in [0.2, 0.25) is 0 Å². The fraction of sp³-hybridized carbons (Fsp3) is 0.375. The molecule has 2 aromatic rings. The van der Waals surface area contributed by atoms with E-state index in [-0.39, 0.29) is 6.04 Å². The Kier molecular flexibility index (Phi) is 3.63. The first kappa shape index (κ1) is 14.4. The van der Waals surface area contributed by atoms with E-state index in [0.29, 0.717) is 4.90 Å². The van der Waals surface area contributed by atoms with Crippen molar-refractivity contribution in [2.24, 2.45) is 0 Å². The smallest absolute Gasteiger partial charge is 0.241 e. The SMILES string of the molecule is Cc1ccc(S(=O)(=O)N[C@@H]2CCCc3occc32)cc1C. The summed E-state index contributed by atoms with van der Waals surface area (Å²) < 4.78 is 33.3. The molecule has 3 rings (SSSR count). The van der Waals surface area contributed by atoms with Crippen molar-refractivity contribution in [1.29, 1.82) is 0 Å². The Balaban J connectivity index is 1.89.